The van der Waals surface area contributed by atoms with E-state index < -0.39 is 0 Å². The van der Waals surface area contributed by atoms with Crippen molar-refractivity contribution >= 4 is 0 Å². The maximum Gasteiger partial charge on any atom is 0.214 e. The van der Waals surface area contributed by atoms with Gasteiger partial charge in [0.05, 0.1) is 12.3 Å². The molecule has 0 unspecified atom stereocenters. The molecule has 0 aliphatic carbocycles. The van der Waals surface area contributed by atoms with Gasteiger partial charge in [-0.2, -0.15) is 4.98 Å². The molecule has 0 saturated heterocycles. The molecule has 6 nitrogen and oxygen atoms in total. The first-order valence-electron chi connectivity index (χ1n) is 7.73. The van der Waals surface area contributed by atoms with E-state index in [1.165, 1.54) is 6.39 Å². The molecule has 0 atom stereocenters. The van der Waals surface area contributed by atoms with Crippen LogP contribution in [-0.4, -0.2) is 21.9 Å². The Hall–Kier alpha value is -2.63. The van der Waals surface area contributed by atoms with Crippen molar-refractivity contribution in [3.8, 4) is 17.1 Å². The van der Waals surface area contributed by atoms with Gasteiger partial charge in [-0.05, 0) is 50.5 Å². The number of hydrogen-bond acceptors (Lipinski definition) is 6. The van der Waals surface area contributed by atoms with Crippen LogP contribution < -0.4 is 4.74 Å². The zero-order valence-electron chi connectivity index (χ0n) is 13.1. The Morgan fingerprint density at radius 1 is 1.04 bits per heavy atom. The van der Waals surface area contributed by atoms with Gasteiger partial charge in [-0.25, -0.2) is 0 Å². The van der Waals surface area contributed by atoms with Crippen LogP contribution in [0.3, 0.4) is 0 Å². The van der Waals surface area contributed by atoms with Gasteiger partial charge in [-0.15, -0.1) is 0 Å². The molecular weight excluding hydrogens is 294 g/mol. The highest BCUT2D eigenvalue weighted by molar-refractivity contribution is 5.55. The third kappa shape index (κ3) is 4.42. The van der Waals surface area contributed by atoms with E-state index in [2.05, 4.69) is 15.3 Å². The summed E-state index contributed by atoms with van der Waals surface area (Å²) in [4.78, 5) is 4.01. The lowest BCUT2D eigenvalue weighted by Gasteiger charge is -2.06. The van der Waals surface area contributed by atoms with Gasteiger partial charge in [0.25, 0.3) is 0 Å². The predicted molar refractivity (Wildman–Crippen MR) is 84.0 cm³/mol. The largest absolute Gasteiger partial charge is 0.494 e. The summed E-state index contributed by atoms with van der Waals surface area (Å²) >= 11 is 0. The molecular formula is C17H19N3O3. The molecule has 2 aromatic heterocycles. The van der Waals surface area contributed by atoms with Crippen molar-refractivity contribution in [1.29, 1.82) is 0 Å². The van der Waals surface area contributed by atoms with Gasteiger partial charge in [0, 0.05) is 18.1 Å². The molecule has 2 heterocycles. The van der Waals surface area contributed by atoms with E-state index in [4.69, 9.17) is 13.8 Å². The number of nitrogens with zero attached hydrogens (tertiary/aromatic N) is 3. The highest BCUT2D eigenvalue weighted by Crippen LogP contribution is 2.19. The van der Waals surface area contributed by atoms with Crippen LogP contribution in [0, 0.1) is 6.92 Å². The highest BCUT2D eigenvalue weighted by atomic mass is 16.5. The van der Waals surface area contributed by atoms with Gasteiger partial charge in [-0.3, -0.25) is 0 Å². The van der Waals surface area contributed by atoms with Gasteiger partial charge >= 0.3 is 0 Å². The van der Waals surface area contributed by atoms with E-state index >= 15 is 0 Å². The van der Waals surface area contributed by atoms with Crippen molar-refractivity contribution < 1.29 is 13.8 Å². The molecule has 1 aromatic carbocycles. The van der Waals surface area contributed by atoms with Crippen LogP contribution in [0.2, 0.25) is 0 Å². The molecule has 0 aliphatic heterocycles. The number of ether oxygens (including phenoxy) is 1. The lowest BCUT2D eigenvalue weighted by molar-refractivity contribution is 0.303. The second-order valence-corrected chi connectivity index (χ2v) is 5.37. The van der Waals surface area contributed by atoms with Crippen LogP contribution in [0.4, 0.5) is 0 Å². The third-order valence-corrected chi connectivity index (χ3v) is 3.49. The first-order valence-corrected chi connectivity index (χ1v) is 7.73. The Balaban J connectivity index is 1.34. The Kier molecular flexibility index (Phi) is 5.03. The van der Waals surface area contributed by atoms with Crippen LogP contribution in [0.15, 0.2) is 45.8 Å². The van der Waals surface area contributed by atoms with Gasteiger partial charge in [0.2, 0.25) is 12.2 Å². The summed E-state index contributed by atoms with van der Waals surface area (Å²) in [6, 6.07) is 9.67. The summed E-state index contributed by atoms with van der Waals surface area (Å²) in [5, 5.41) is 7.68. The van der Waals surface area contributed by atoms with E-state index in [0.717, 1.165) is 48.5 Å². The summed E-state index contributed by atoms with van der Waals surface area (Å²) < 4.78 is 15.7. The summed E-state index contributed by atoms with van der Waals surface area (Å²) in [5.41, 5.74) is 1.85. The minimum Gasteiger partial charge on any atom is -0.494 e. The van der Waals surface area contributed by atoms with E-state index in [0.29, 0.717) is 12.4 Å². The Labute approximate surface area is 134 Å². The minimum atomic E-state index is 0.583. The second kappa shape index (κ2) is 7.58. The normalized spacial score (nSPS) is 10.8. The van der Waals surface area contributed by atoms with Crippen LogP contribution in [0.25, 0.3) is 11.4 Å². The lowest BCUT2D eigenvalue weighted by atomic mass is 10.1. The van der Waals surface area contributed by atoms with E-state index in [9.17, 15) is 0 Å². The summed E-state index contributed by atoms with van der Waals surface area (Å²) in [6.07, 6.45) is 5.44. The monoisotopic (exact) mass is 313 g/mol. The number of aryl methyl sites for hydroxylation is 2. The zero-order valence-corrected chi connectivity index (χ0v) is 13.1. The second-order valence-electron chi connectivity index (χ2n) is 5.37. The molecule has 0 fully saturated rings. The molecule has 3 rings (SSSR count). The summed E-state index contributed by atoms with van der Waals surface area (Å²) in [7, 11) is 0. The van der Waals surface area contributed by atoms with Crippen LogP contribution in [0.5, 0.6) is 5.75 Å². The number of benzene rings is 1. The fourth-order valence-electron chi connectivity index (χ4n) is 2.30. The molecule has 0 bridgehead atoms. The van der Waals surface area contributed by atoms with Crippen LogP contribution in [0.1, 0.15) is 30.7 Å². The van der Waals surface area contributed by atoms with Crippen molar-refractivity contribution in [3.05, 3.63) is 48.2 Å². The van der Waals surface area contributed by atoms with Gasteiger partial charge in [-0.1, -0.05) is 10.3 Å². The van der Waals surface area contributed by atoms with Crippen molar-refractivity contribution in [2.75, 3.05) is 6.61 Å². The lowest BCUT2D eigenvalue weighted by Crippen LogP contribution is -1.97. The van der Waals surface area contributed by atoms with Gasteiger partial charge in [0.1, 0.15) is 11.5 Å². The van der Waals surface area contributed by atoms with Crippen molar-refractivity contribution in [3.63, 3.8) is 0 Å². The summed E-state index contributed by atoms with van der Waals surface area (Å²) in [6.45, 7) is 2.64. The fourth-order valence-corrected chi connectivity index (χ4v) is 2.30. The average molecular weight is 313 g/mol. The highest BCUT2D eigenvalue weighted by Gasteiger charge is 2.03. The van der Waals surface area contributed by atoms with Crippen LogP contribution >= 0.6 is 0 Å². The maximum atomic E-state index is 5.73. The first kappa shape index (κ1) is 15.3. The summed E-state index contributed by atoms with van der Waals surface area (Å²) in [5.74, 6) is 2.39. The SMILES string of the molecule is Cc1cc(CCCCCOc2ccc(-c3ncon3)cc2)on1. The zero-order chi connectivity index (χ0) is 15.9. The topological polar surface area (TPSA) is 74.2 Å². The minimum absolute atomic E-state index is 0.583. The first-order chi connectivity index (χ1) is 11.3. The van der Waals surface area contributed by atoms with Crippen molar-refractivity contribution in [1.82, 2.24) is 15.3 Å². The maximum absolute atomic E-state index is 5.73. The average Bonchev–Trinajstić information content (AvgIpc) is 3.23. The van der Waals surface area contributed by atoms with Gasteiger partial charge in [0.15, 0.2) is 0 Å². The van der Waals surface area contributed by atoms with Crippen molar-refractivity contribution in [2.24, 2.45) is 0 Å². The number of aromatic nitrogens is 3. The quantitative estimate of drug-likeness (QED) is 0.588. The molecule has 0 N–H and O–H groups in total. The van der Waals surface area contributed by atoms with Crippen molar-refractivity contribution in [2.45, 2.75) is 32.6 Å². The van der Waals surface area contributed by atoms with E-state index in [1.54, 1.807) is 0 Å². The molecule has 0 saturated carbocycles. The molecule has 0 spiro atoms. The standard InChI is InChI=1S/C17H19N3O3/c1-13-11-16(23-19-13)5-3-2-4-10-21-15-8-6-14(7-9-15)17-18-12-22-20-17/h6-9,11-12H,2-5,10H2,1H3. The number of rotatable bonds is 8. The molecule has 0 aliphatic rings. The molecule has 0 amide bonds. The van der Waals surface area contributed by atoms with E-state index in [-0.39, 0.29) is 0 Å². The Morgan fingerprint density at radius 3 is 2.61 bits per heavy atom. The Morgan fingerprint density at radius 2 is 1.91 bits per heavy atom. The molecule has 6 heteroatoms. The Bertz CT molecular complexity index is 705. The number of unbranched alkanes of at least 4 members (excludes halogenated alkanes) is 2. The molecule has 120 valence electrons. The molecule has 0 radical (unpaired) electrons. The van der Waals surface area contributed by atoms with E-state index in [1.807, 2.05) is 37.3 Å². The number of hydrogen-bond donors (Lipinski definition) is 0. The smallest absolute Gasteiger partial charge is 0.214 e. The predicted octanol–water partition coefficient (Wildman–Crippen LogP) is 3.82. The fraction of sp³-hybridized carbons (Fsp3) is 0.353. The van der Waals surface area contributed by atoms with Crippen LogP contribution in [-0.2, 0) is 6.42 Å². The molecule has 23 heavy (non-hydrogen) atoms. The van der Waals surface area contributed by atoms with Gasteiger partial charge < -0.3 is 13.8 Å². The third-order valence-electron chi connectivity index (χ3n) is 3.49. The molecule has 3 aromatic rings.